The van der Waals surface area contributed by atoms with Crippen LogP contribution < -0.4 is 0 Å². The van der Waals surface area contributed by atoms with Crippen molar-refractivity contribution in [3.63, 3.8) is 0 Å². The van der Waals surface area contributed by atoms with E-state index in [4.69, 9.17) is 21.9 Å². The van der Waals surface area contributed by atoms with Crippen LogP contribution in [0.25, 0.3) is 0 Å². The fourth-order valence-electron chi connectivity index (χ4n) is 0.592. The summed E-state index contributed by atoms with van der Waals surface area (Å²) >= 11 is 5.52. The van der Waals surface area contributed by atoms with Crippen LogP contribution in [0.2, 0.25) is 5.02 Å². The maximum Gasteiger partial charge on any atom is 0.335 e. The Bertz CT molecular complexity index is 342. The number of carboxylic acids is 1. The van der Waals surface area contributed by atoms with Crippen molar-refractivity contribution in [2.24, 2.45) is 5.16 Å². The van der Waals surface area contributed by atoms with Crippen molar-refractivity contribution < 1.29 is 15.1 Å². The van der Waals surface area contributed by atoms with Gasteiger partial charge < -0.3 is 10.3 Å². The van der Waals surface area contributed by atoms with Gasteiger partial charge in [-0.15, -0.1) is 0 Å². The molecule has 5 heteroatoms. The number of carboxylic acid groups (broad SMARTS) is 1. The predicted octanol–water partition coefficient (Wildman–Crippen LogP) is 2.89. The van der Waals surface area contributed by atoms with Crippen LogP contribution in [0.5, 0.6) is 0 Å². The fourth-order valence-corrected chi connectivity index (χ4v) is 0.718. The summed E-state index contributed by atoms with van der Waals surface area (Å²) in [6.07, 6.45) is 0. The average Bonchev–Trinajstić information content (AvgIpc) is 2.19. The third kappa shape index (κ3) is 6.51. The smallest absolute Gasteiger partial charge is 0.335 e. The Labute approximate surface area is 92.8 Å². The molecule has 0 heterocycles. The van der Waals surface area contributed by atoms with Crippen molar-refractivity contribution in [1.29, 1.82) is 0 Å². The number of nitrogens with zero attached hydrogens (tertiary/aromatic N) is 1. The van der Waals surface area contributed by atoms with E-state index in [1.807, 2.05) is 0 Å². The van der Waals surface area contributed by atoms with Crippen LogP contribution in [0.4, 0.5) is 0 Å². The minimum Gasteiger partial charge on any atom is -0.478 e. The van der Waals surface area contributed by atoms with Crippen molar-refractivity contribution in [2.45, 2.75) is 13.8 Å². The van der Waals surface area contributed by atoms with E-state index >= 15 is 0 Å². The summed E-state index contributed by atoms with van der Waals surface area (Å²) in [7, 11) is 0. The van der Waals surface area contributed by atoms with Crippen LogP contribution in [0, 0.1) is 0 Å². The molecule has 0 aliphatic rings. The average molecular weight is 230 g/mol. The third-order valence-corrected chi connectivity index (χ3v) is 1.54. The molecule has 0 unspecified atom stereocenters. The number of hydrogen-bond acceptors (Lipinski definition) is 3. The molecule has 1 aromatic carbocycles. The highest BCUT2D eigenvalue weighted by atomic mass is 35.5. The Morgan fingerprint density at radius 1 is 1.27 bits per heavy atom. The molecule has 0 bridgehead atoms. The number of benzene rings is 1. The first kappa shape index (κ1) is 13.5. The van der Waals surface area contributed by atoms with E-state index in [2.05, 4.69) is 5.16 Å². The lowest BCUT2D eigenvalue weighted by molar-refractivity contribution is 0.0697. The molecule has 82 valence electrons. The van der Waals surface area contributed by atoms with E-state index in [-0.39, 0.29) is 5.56 Å². The molecular weight excluding hydrogens is 218 g/mol. The first-order chi connectivity index (χ1) is 6.97. The van der Waals surface area contributed by atoms with E-state index in [1.165, 1.54) is 12.1 Å². The highest BCUT2D eigenvalue weighted by Gasteiger charge is 1.99. The van der Waals surface area contributed by atoms with Crippen LogP contribution in [0.15, 0.2) is 29.4 Å². The van der Waals surface area contributed by atoms with Gasteiger partial charge in [-0.1, -0.05) is 16.8 Å². The summed E-state index contributed by atoms with van der Waals surface area (Å²) in [5.41, 5.74) is 0.939. The molecule has 0 fully saturated rings. The maximum atomic E-state index is 10.3. The van der Waals surface area contributed by atoms with Crippen molar-refractivity contribution in [3.05, 3.63) is 34.9 Å². The molecule has 1 aromatic rings. The molecule has 4 nitrogen and oxygen atoms in total. The van der Waals surface area contributed by atoms with Crippen LogP contribution in [0.3, 0.4) is 0 Å². The standard InChI is InChI=1S/C7H5ClO2.C3H7NO/c8-6-3-1-5(2-4-6)7(9)10;1-3(2)4-5/h1-4H,(H,9,10);5H,1-2H3. The van der Waals surface area contributed by atoms with Crippen molar-refractivity contribution in [1.82, 2.24) is 0 Å². The monoisotopic (exact) mass is 229 g/mol. The molecule has 0 aliphatic heterocycles. The summed E-state index contributed by atoms with van der Waals surface area (Å²) in [5, 5.41) is 19.5. The minimum absolute atomic E-state index is 0.254. The molecule has 0 atom stereocenters. The molecule has 0 spiro atoms. The first-order valence-corrected chi connectivity index (χ1v) is 4.49. The number of oxime groups is 1. The van der Waals surface area contributed by atoms with Gasteiger partial charge in [-0.3, -0.25) is 0 Å². The second kappa shape index (κ2) is 6.84. The van der Waals surface area contributed by atoms with E-state index in [9.17, 15) is 4.79 Å². The molecule has 1 rings (SSSR count). The van der Waals surface area contributed by atoms with Gasteiger partial charge in [-0.25, -0.2) is 4.79 Å². The highest BCUT2D eigenvalue weighted by molar-refractivity contribution is 6.30. The van der Waals surface area contributed by atoms with Crippen molar-refractivity contribution >= 4 is 23.3 Å². The summed E-state index contributed by atoms with van der Waals surface area (Å²) in [4.78, 5) is 10.3. The Kier molecular flexibility index (Phi) is 6.13. The SMILES string of the molecule is CC(C)=NO.O=C(O)c1ccc(Cl)cc1. The number of carbonyl (C=O) groups is 1. The van der Waals surface area contributed by atoms with E-state index in [1.54, 1.807) is 26.0 Å². The van der Waals surface area contributed by atoms with Gasteiger partial charge in [0.05, 0.1) is 11.3 Å². The lowest BCUT2D eigenvalue weighted by atomic mass is 10.2. The van der Waals surface area contributed by atoms with Crippen molar-refractivity contribution in [3.8, 4) is 0 Å². The largest absolute Gasteiger partial charge is 0.478 e. The molecule has 2 N–H and O–H groups in total. The van der Waals surface area contributed by atoms with Crippen LogP contribution >= 0.6 is 11.6 Å². The van der Waals surface area contributed by atoms with Crippen molar-refractivity contribution in [2.75, 3.05) is 0 Å². The summed E-state index contributed by atoms with van der Waals surface area (Å²) < 4.78 is 0. The van der Waals surface area contributed by atoms with Crippen LogP contribution in [-0.2, 0) is 0 Å². The fraction of sp³-hybridized carbons (Fsp3) is 0.200. The molecule has 0 radical (unpaired) electrons. The van der Waals surface area contributed by atoms with Gasteiger partial charge in [-0.05, 0) is 38.1 Å². The number of halogens is 1. The van der Waals surface area contributed by atoms with Gasteiger partial charge in [0.1, 0.15) is 0 Å². The molecular formula is C10H12ClNO3. The zero-order valence-corrected chi connectivity index (χ0v) is 9.19. The predicted molar refractivity (Wildman–Crippen MR) is 59.0 cm³/mol. The first-order valence-electron chi connectivity index (χ1n) is 4.11. The number of hydrogen-bond donors (Lipinski definition) is 2. The molecule has 0 aromatic heterocycles. The Hall–Kier alpha value is -1.55. The Balaban J connectivity index is 0.000000336. The maximum absolute atomic E-state index is 10.3. The number of aromatic carboxylic acids is 1. The molecule has 15 heavy (non-hydrogen) atoms. The van der Waals surface area contributed by atoms with E-state index < -0.39 is 5.97 Å². The highest BCUT2D eigenvalue weighted by Crippen LogP contribution is 2.08. The van der Waals surface area contributed by atoms with E-state index in [0.29, 0.717) is 10.7 Å². The Morgan fingerprint density at radius 2 is 1.67 bits per heavy atom. The van der Waals surface area contributed by atoms with Gasteiger partial charge in [0.25, 0.3) is 0 Å². The molecule has 0 saturated heterocycles. The minimum atomic E-state index is -0.934. The van der Waals surface area contributed by atoms with Gasteiger partial charge in [0, 0.05) is 5.02 Å². The lowest BCUT2D eigenvalue weighted by Gasteiger charge is -1.91. The summed E-state index contributed by atoms with van der Waals surface area (Å²) in [6, 6.07) is 6.02. The summed E-state index contributed by atoms with van der Waals surface area (Å²) in [5.74, 6) is -0.934. The quantitative estimate of drug-likeness (QED) is 0.442. The zero-order chi connectivity index (χ0) is 11.8. The second-order valence-corrected chi connectivity index (χ2v) is 3.30. The van der Waals surface area contributed by atoms with E-state index in [0.717, 1.165) is 0 Å². The normalized spacial score (nSPS) is 8.47. The second-order valence-electron chi connectivity index (χ2n) is 2.86. The van der Waals surface area contributed by atoms with Gasteiger partial charge in [0.15, 0.2) is 0 Å². The van der Waals surface area contributed by atoms with Gasteiger partial charge >= 0.3 is 5.97 Å². The number of rotatable bonds is 1. The zero-order valence-electron chi connectivity index (χ0n) is 8.44. The molecule has 0 amide bonds. The molecule has 0 aliphatic carbocycles. The lowest BCUT2D eigenvalue weighted by Crippen LogP contribution is -1.94. The summed E-state index contributed by atoms with van der Waals surface area (Å²) in [6.45, 7) is 3.44. The van der Waals surface area contributed by atoms with Crippen LogP contribution in [0.1, 0.15) is 24.2 Å². The molecule has 0 saturated carbocycles. The van der Waals surface area contributed by atoms with Gasteiger partial charge in [0.2, 0.25) is 0 Å². The Morgan fingerprint density at radius 3 is 1.93 bits per heavy atom. The topological polar surface area (TPSA) is 69.9 Å². The van der Waals surface area contributed by atoms with Crippen LogP contribution in [-0.4, -0.2) is 22.0 Å². The third-order valence-electron chi connectivity index (χ3n) is 1.29. The van der Waals surface area contributed by atoms with Gasteiger partial charge in [-0.2, -0.15) is 0 Å².